The van der Waals surface area contributed by atoms with Crippen molar-refractivity contribution in [2.75, 3.05) is 37.3 Å². The Labute approximate surface area is 224 Å². The number of amides is 3. The summed E-state index contributed by atoms with van der Waals surface area (Å²) in [6.07, 6.45) is -0.743. The minimum Gasteiger partial charge on any atom is -0.443 e. The van der Waals surface area contributed by atoms with E-state index in [9.17, 15) is 18.8 Å². The summed E-state index contributed by atoms with van der Waals surface area (Å²) in [7, 11) is 1.78. The Morgan fingerprint density at radius 3 is 2.34 bits per heavy atom. The third kappa shape index (κ3) is 5.28. The van der Waals surface area contributed by atoms with Gasteiger partial charge in [0.2, 0.25) is 0 Å². The highest BCUT2D eigenvalue weighted by atomic mass is 32.2. The average Bonchev–Trinajstić information content (AvgIpc) is 3.41. The van der Waals surface area contributed by atoms with Crippen molar-refractivity contribution in [2.45, 2.75) is 12.6 Å². The van der Waals surface area contributed by atoms with Gasteiger partial charge in [0.15, 0.2) is 0 Å². The molecule has 1 unspecified atom stereocenters. The van der Waals surface area contributed by atoms with Gasteiger partial charge in [-0.1, -0.05) is 48.3 Å². The average molecular weight is 535 g/mol. The molecule has 2 heterocycles. The van der Waals surface area contributed by atoms with E-state index >= 15 is 0 Å². The number of benzene rings is 3. The first-order valence-electron chi connectivity index (χ1n) is 12.3. The van der Waals surface area contributed by atoms with E-state index in [1.165, 1.54) is 27.8 Å². The number of cyclic esters (lactones) is 1. The number of ether oxygens (including phenoxy) is 1. The van der Waals surface area contributed by atoms with Crippen LogP contribution in [0.15, 0.2) is 66.7 Å². The van der Waals surface area contributed by atoms with E-state index in [-0.39, 0.29) is 17.9 Å². The SMILES string of the molecule is CNCC1CN(c2ccc(-c3ccc(CNSCCN4C(=O)c5ccccc5C4=O)cc3)c(F)c2)C(=O)O1. The summed E-state index contributed by atoms with van der Waals surface area (Å²) in [4.78, 5) is 39.7. The summed E-state index contributed by atoms with van der Waals surface area (Å²) >= 11 is 1.44. The first kappa shape index (κ1) is 25.9. The quantitative estimate of drug-likeness (QED) is 0.230. The lowest BCUT2D eigenvalue weighted by atomic mass is 10.0. The molecule has 196 valence electrons. The first-order chi connectivity index (χ1) is 18.5. The topological polar surface area (TPSA) is 91.0 Å². The van der Waals surface area contributed by atoms with E-state index in [1.54, 1.807) is 43.4 Å². The predicted molar refractivity (Wildman–Crippen MR) is 144 cm³/mol. The summed E-state index contributed by atoms with van der Waals surface area (Å²) < 4.78 is 23.5. The largest absolute Gasteiger partial charge is 0.443 e. The first-order valence-corrected chi connectivity index (χ1v) is 13.3. The van der Waals surface area contributed by atoms with Gasteiger partial charge in [-0.3, -0.25) is 24.1 Å². The van der Waals surface area contributed by atoms with Crippen molar-refractivity contribution in [3.05, 3.63) is 89.2 Å². The van der Waals surface area contributed by atoms with Crippen LogP contribution in [0.2, 0.25) is 0 Å². The summed E-state index contributed by atoms with van der Waals surface area (Å²) in [6.45, 7) is 1.80. The highest BCUT2D eigenvalue weighted by Crippen LogP contribution is 2.29. The standard InChI is InChI=1S/C28H27FN4O4S/c1-30-16-21-17-33(28(36)37-21)20-10-11-22(25(29)14-20)19-8-6-18(7-9-19)15-31-38-13-12-32-26(34)23-4-2-3-5-24(23)27(32)35/h2-11,14,21,30-31H,12-13,15-17H2,1H3. The van der Waals surface area contributed by atoms with Crippen LogP contribution in [0.1, 0.15) is 26.3 Å². The molecule has 0 radical (unpaired) electrons. The van der Waals surface area contributed by atoms with Crippen LogP contribution >= 0.6 is 11.9 Å². The molecule has 0 aliphatic carbocycles. The van der Waals surface area contributed by atoms with Gasteiger partial charge in [0.25, 0.3) is 11.8 Å². The molecule has 1 fully saturated rings. The Morgan fingerprint density at radius 1 is 0.974 bits per heavy atom. The van der Waals surface area contributed by atoms with Gasteiger partial charge in [-0.05, 0) is 48.5 Å². The highest BCUT2D eigenvalue weighted by molar-refractivity contribution is 7.97. The van der Waals surface area contributed by atoms with E-state index in [0.29, 0.717) is 54.3 Å². The number of hydrogen-bond acceptors (Lipinski definition) is 7. The molecule has 5 rings (SSSR count). The van der Waals surface area contributed by atoms with Crippen LogP contribution < -0.4 is 14.9 Å². The lowest BCUT2D eigenvalue weighted by Gasteiger charge is -2.15. The second kappa shape index (κ2) is 11.3. The number of rotatable bonds is 10. The van der Waals surface area contributed by atoms with Gasteiger partial charge in [0.1, 0.15) is 11.9 Å². The van der Waals surface area contributed by atoms with Crippen LogP contribution in [0.5, 0.6) is 0 Å². The summed E-state index contributed by atoms with van der Waals surface area (Å²) in [5.74, 6) is -0.357. The molecule has 2 aliphatic heterocycles. The lowest BCUT2D eigenvalue weighted by molar-refractivity contribution is 0.0664. The monoisotopic (exact) mass is 534 g/mol. The van der Waals surface area contributed by atoms with Crippen molar-refractivity contribution < 1.29 is 23.5 Å². The summed E-state index contributed by atoms with van der Waals surface area (Å²) in [5.41, 5.74) is 3.57. The third-order valence-electron chi connectivity index (χ3n) is 6.51. The summed E-state index contributed by atoms with van der Waals surface area (Å²) in [5, 5.41) is 2.98. The van der Waals surface area contributed by atoms with Crippen molar-refractivity contribution >= 4 is 35.5 Å². The zero-order valence-corrected chi connectivity index (χ0v) is 21.6. The van der Waals surface area contributed by atoms with Gasteiger partial charge in [-0.15, -0.1) is 0 Å². The molecular formula is C28H27FN4O4S. The number of nitrogens with zero attached hydrogens (tertiary/aromatic N) is 2. The van der Waals surface area contributed by atoms with Gasteiger partial charge in [0, 0.05) is 31.0 Å². The zero-order valence-electron chi connectivity index (χ0n) is 20.8. The highest BCUT2D eigenvalue weighted by Gasteiger charge is 2.34. The number of likely N-dealkylation sites (N-methyl/N-ethyl adjacent to an activating group) is 1. The van der Waals surface area contributed by atoms with Gasteiger partial charge in [-0.25, -0.2) is 9.18 Å². The fourth-order valence-electron chi connectivity index (χ4n) is 4.56. The predicted octanol–water partition coefficient (Wildman–Crippen LogP) is 4.07. The maximum Gasteiger partial charge on any atom is 0.414 e. The number of nitrogens with one attached hydrogen (secondary N) is 2. The van der Waals surface area contributed by atoms with Gasteiger partial charge in [0.05, 0.1) is 23.4 Å². The van der Waals surface area contributed by atoms with Gasteiger partial charge >= 0.3 is 6.09 Å². The molecule has 1 saturated heterocycles. The number of fused-ring (bicyclic) bond motifs is 1. The molecule has 3 aromatic rings. The molecule has 2 N–H and O–H groups in total. The molecule has 0 saturated carbocycles. The number of anilines is 1. The maximum atomic E-state index is 15.0. The molecule has 3 aromatic carbocycles. The molecular weight excluding hydrogens is 507 g/mol. The van der Waals surface area contributed by atoms with Crippen LogP contribution in [0, 0.1) is 5.82 Å². The third-order valence-corrected chi connectivity index (χ3v) is 7.24. The summed E-state index contributed by atoms with van der Waals surface area (Å²) in [6, 6.07) is 19.2. The molecule has 2 aliphatic rings. The fourth-order valence-corrected chi connectivity index (χ4v) is 5.25. The normalized spacial score (nSPS) is 16.8. The number of imide groups is 1. The zero-order chi connectivity index (χ0) is 26.6. The number of hydrogen-bond donors (Lipinski definition) is 2. The second-order valence-corrected chi connectivity index (χ2v) is 10.00. The van der Waals surface area contributed by atoms with Crippen LogP contribution in [0.25, 0.3) is 11.1 Å². The Hall–Kier alpha value is -3.73. The van der Waals surface area contributed by atoms with E-state index < -0.39 is 11.9 Å². The molecule has 8 nitrogen and oxygen atoms in total. The van der Waals surface area contributed by atoms with Gasteiger partial charge < -0.3 is 10.1 Å². The van der Waals surface area contributed by atoms with Gasteiger partial charge in [-0.2, -0.15) is 0 Å². The Bertz CT molecular complexity index is 1330. The Kier molecular flexibility index (Phi) is 7.73. The van der Waals surface area contributed by atoms with Crippen molar-refractivity contribution in [2.24, 2.45) is 0 Å². The minimum absolute atomic E-state index is 0.250. The van der Waals surface area contributed by atoms with E-state index in [2.05, 4.69) is 10.0 Å². The van der Waals surface area contributed by atoms with Crippen molar-refractivity contribution in [1.29, 1.82) is 0 Å². The lowest BCUT2D eigenvalue weighted by Crippen LogP contribution is -2.32. The van der Waals surface area contributed by atoms with Crippen molar-refractivity contribution in [3.8, 4) is 11.1 Å². The molecule has 10 heteroatoms. The fraction of sp³-hybridized carbons (Fsp3) is 0.250. The Morgan fingerprint density at radius 2 is 1.68 bits per heavy atom. The van der Waals surface area contributed by atoms with E-state index in [4.69, 9.17) is 4.74 Å². The van der Waals surface area contributed by atoms with Crippen LogP contribution in [0.4, 0.5) is 14.9 Å². The van der Waals surface area contributed by atoms with E-state index in [1.807, 2.05) is 24.3 Å². The smallest absolute Gasteiger partial charge is 0.414 e. The molecule has 38 heavy (non-hydrogen) atoms. The van der Waals surface area contributed by atoms with Crippen LogP contribution in [-0.4, -0.2) is 61.3 Å². The van der Waals surface area contributed by atoms with Crippen molar-refractivity contribution in [3.63, 3.8) is 0 Å². The van der Waals surface area contributed by atoms with Crippen molar-refractivity contribution in [1.82, 2.24) is 14.9 Å². The minimum atomic E-state index is -0.476. The molecule has 0 spiro atoms. The maximum absolute atomic E-state index is 15.0. The molecule has 1 atom stereocenters. The molecule has 0 bridgehead atoms. The van der Waals surface area contributed by atoms with Crippen LogP contribution in [0.3, 0.4) is 0 Å². The second-order valence-electron chi connectivity index (χ2n) is 9.01. The Balaban J connectivity index is 1.11. The van der Waals surface area contributed by atoms with Crippen LogP contribution in [-0.2, 0) is 11.3 Å². The number of halogens is 1. The number of carbonyl (C=O) groups is 3. The van der Waals surface area contributed by atoms with E-state index in [0.717, 1.165) is 11.1 Å². The number of carbonyl (C=O) groups excluding carboxylic acids is 3. The molecule has 0 aromatic heterocycles. The molecule has 3 amide bonds.